The van der Waals surface area contributed by atoms with Gasteiger partial charge in [0.2, 0.25) is 5.91 Å². The Morgan fingerprint density at radius 2 is 2.16 bits per heavy atom. The number of nitrogens with zero attached hydrogens (tertiary/aromatic N) is 1. The molecule has 1 heterocycles. The molecule has 1 saturated heterocycles. The molecule has 1 aromatic rings. The molecule has 0 aromatic heterocycles. The molecular formula is C13H16ClFN2O2. The number of benzene rings is 1. The molecule has 1 aromatic carbocycles. The number of nitrogens with one attached hydrogen (secondary N) is 1. The Bertz CT molecular complexity index is 464. The lowest BCUT2D eigenvalue weighted by Crippen LogP contribution is -2.47. The Morgan fingerprint density at radius 1 is 1.47 bits per heavy atom. The Labute approximate surface area is 116 Å². The molecular weight excluding hydrogens is 271 g/mol. The summed E-state index contributed by atoms with van der Waals surface area (Å²) in [7, 11) is 0. The summed E-state index contributed by atoms with van der Waals surface area (Å²) in [4.78, 5) is 13.9. The second-order valence-electron chi connectivity index (χ2n) is 4.41. The van der Waals surface area contributed by atoms with E-state index in [9.17, 15) is 9.18 Å². The zero-order valence-corrected chi connectivity index (χ0v) is 11.4. The van der Waals surface area contributed by atoms with Gasteiger partial charge < -0.3 is 15.0 Å². The smallest absolute Gasteiger partial charge is 0.244 e. The summed E-state index contributed by atoms with van der Waals surface area (Å²) in [5.74, 6) is -0.603. The quantitative estimate of drug-likeness (QED) is 0.926. The minimum atomic E-state index is -0.536. The van der Waals surface area contributed by atoms with Gasteiger partial charge in [-0.2, -0.15) is 0 Å². The Balaban J connectivity index is 2.01. The van der Waals surface area contributed by atoms with Gasteiger partial charge in [0.15, 0.2) is 5.82 Å². The lowest BCUT2D eigenvalue weighted by atomic mass is 10.2. The lowest BCUT2D eigenvalue weighted by Gasteiger charge is -2.29. The molecule has 104 valence electrons. The largest absolute Gasteiger partial charge is 0.378 e. The molecule has 0 spiro atoms. The van der Waals surface area contributed by atoms with Crippen molar-refractivity contribution in [3.63, 3.8) is 0 Å². The zero-order valence-electron chi connectivity index (χ0n) is 10.7. The third-order valence-electron chi connectivity index (χ3n) is 3.02. The molecule has 0 radical (unpaired) electrons. The first-order valence-corrected chi connectivity index (χ1v) is 6.54. The van der Waals surface area contributed by atoms with E-state index >= 15 is 0 Å². The lowest BCUT2D eigenvalue weighted by molar-refractivity contribution is -0.135. The summed E-state index contributed by atoms with van der Waals surface area (Å²) < 4.78 is 18.9. The first kappa shape index (κ1) is 14.1. The van der Waals surface area contributed by atoms with Gasteiger partial charge in [-0.05, 0) is 19.1 Å². The highest BCUT2D eigenvalue weighted by molar-refractivity contribution is 6.31. The third-order valence-corrected chi connectivity index (χ3v) is 3.31. The number of morpholine rings is 1. The average molecular weight is 287 g/mol. The zero-order chi connectivity index (χ0) is 13.8. The average Bonchev–Trinajstić information content (AvgIpc) is 2.44. The minimum Gasteiger partial charge on any atom is -0.378 e. The van der Waals surface area contributed by atoms with Crippen LogP contribution in [0.1, 0.15) is 6.92 Å². The van der Waals surface area contributed by atoms with Gasteiger partial charge in [0, 0.05) is 13.1 Å². The molecule has 4 nitrogen and oxygen atoms in total. The van der Waals surface area contributed by atoms with Gasteiger partial charge in [-0.1, -0.05) is 17.7 Å². The molecule has 19 heavy (non-hydrogen) atoms. The topological polar surface area (TPSA) is 41.6 Å². The van der Waals surface area contributed by atoms with E-state index in [4.69, 9.17) is 16.3 Å². The Kier molecular flexibility index (Phi) is 4.61. The second-order valence-corrected chi connectivity index (χ2v) is 4.81. The van der Waals surface area contributed by atoms with Crippen LogP contribution in [0.25, 0.3) is 0 Å². The molecule has 6 heteroatoms. The summed E-state index contributed by atoms with van der Waals surface area (Å²) in [6, 6.07) is 4.16. The molecule has 2 rings (SSSR count). The van der Waals surface area contributed by atoms with E-state index in [-0.39, 0.29) is 16.6 Å². The van der Waals surface area contributed by atoms with Crippen molar-refractivity contribution in [3.8, 4) is 0 Å². The molecule has 1 unspecified atom stereocenters. The van der Waals surface area contributed by atoms with Crippen LogP contribution < -0.4 is 5.32 Å². The van der Waals surface area contributed by atoms with Crippen LogP contribution in [-0.4, -0.2) is 43.2 Å². The highest BCUT2D eigenvalue weighted by atomic mass is 35.5. The van der Waals surface area contributed by atoms with Crippen molar-refractivity contribution in [3.05, 3.63) is 29.0 Å². The highest BCUT2D eigenvalue weighted by Gasteiger charge is 2.23. The van der Waals surface area contributed by atoms with Gasteiger partial charge in [0.1, 0.15) is 6.04 Å². The van der Waals surface area contributed by atoms with Crippen LogP contribution in [0.2, 0.25) is 5.02 Å². The van der Waals surface area contributed by atoms with E-state index in [0.29, 0.717) is 26.3 Å². The van der Waals surface area contributed by atoms with E-state index in [2.05, 4.69) is 5.32 Å². The summed E-state index contributed by atoms with van der Waals surface area (Å²) in [6.45, 7) is 3.94. The molecule has 1 amide bonds. The van der Waals surface area contributed by atoms with Gasteiger partial charge in [0.25, 0.3) is 0 Å². The maximum atomic E-state index is 13.7. The number of ether oxygens (including phenoxy) is 1. The predicted octanol–water partition coefficient (Wildman–Crippen LogP) is 2.14. The predicted molar refractivity (Wildman–Crippen MR) is 71.9 cm³/mol. The third kappa shape index (κ3) is 3.36. The SMILES string of the molecule is CC(Nc1cccc(Cl)c1F)C(=O)N1CCOCC1. The normalized spacial score (nSPS) is 17.1. The molecule has 1 N–H and O–H groups in total. The van der Waals surface area contributed by atoms with E-state index in [1.54, 1.807) is 24.0 Å². The van der Waals surface area contributed by atoms with Gasteiger partial charge in [-0.15, -0.1) is 0 Å². The molecule has 1 aliphatic heterocycles. The Morgan fingerprint density at radius 3 is 2.84 bits per heavy atom. The number of amides is 1. The van der Waals surface area contributed by atoms with Crippen LogP contribution in [0.3, 0.4) is 0 Å². The summed E-state index contributed by atoms with van der Waals surface area (Å²) in [5, 5.41) is 2.89. The van der Waals surface area contributed by atoms with Crippen LogP contribution in [0.4, 0.5) is 10.1 Å². The molecule has 0 bridgehead atoms. The maximum absolute atomic E-state index is 13.7. The number of rotatable bonds is 3. The number of halogens is 2. The number of anilines is 1. The number of hydrogen-bond acceptors (Lipinski definition) is 3. The minimum absolute atomic E-state index is 0.0380. The van der Waals surface area contributed by atoms with Crippen LogP contribution in [0.5, 0.6) is 0 Å². The van der Waals surface area contributed by atoms with Crippen LogP contribution in [0, 0.1) is 5.82 Å². The molecule has 1 fully saturated rings. The molecule has 0 aliphatic carbocycles. The summed E-state index contributed by atoms with van der Waals surface area (Å²) in [6.07, 6.45) is 0. The fourth-order valence-electron chi connectivity index (χ4n) is 1.97. The molecule has 1 aliphatic rings. The second kappa shape index (κ2) is 6.21. The van der Waals surface area contributed by atoms with Crippen molar-refractivity contribution in [2.24, 2.45) is 0 Å². The first-order valence-electron chi connectivity index (χ1n) is 6.16. The van der Waals surface area contributed by atoms with Crippen molar-refractivity contribution in [1.29, 1.82) is 0 Å². The Hall–Kier alpha value is -1.33. The summed E-state index contributed by atoms with van der Waals surface area (Å²) in [5.41, 5.74) is 0.238. The maximum Gasteiger partial charge on any atom is 0.244 e. The van der Waals surface area contributed by atoms with Gasteiger partial charge in [0.05, 0.1) is 23.9 Å². The fourth-order valence-corrected chi connectivity index (χ4v) is 2.14. The monoisotopic (exact) mass is 286 g/mol. The standard InChI is InChI=1S/C13H16ClFN2O2/c1-9(13(18)17-5-7-19-8-6-17)16-11-4-2-3-10(14)12(11)15/h2-4,9,16H,5-8H2,1H3. The van der Waals surface area contributed by atoms with E-state index < -0.39 is 11.9 Å². The van der Waals surface area contributed by atoms with Gasteiger partial charge in [-0.25, -0.2) is 4.39 Å². The van der Waals surface area contributed by atoms with Crippen molar-refractivity contribution < 1.29 is 13.9 Å². The van der Waals surface area contributed by atoms with E-state index in [1.807, 2.05) is 0 Å². The van der Waals surface area contributed by atoms with Crippen molar-refractivity contribution in [1.82, 2.24) is 4.90 Å². The van der Waals surface area contributed by atoms with Crippen LogP contribution in [-0.2, 0) is 9.53 Å². The van der Waals surface area contributed by atoms with E-state index in [1.165, 1.54) is 6.07 Å². The number of hydrogen-bond donors (Lipinski definition) is 1. The van der Waals surface area contributed by atoms with Crippen LogP contribution >= 0.6 is 11.6 Å². The number of carbonyl (C=O) groups is 1. The first-order chi connectivity index (χ1) is 9.09. The van der Waals surface area contributed by atoms with Crippen molar-refractivity contribution in [2.75, 3.05) is 31.6 Å². The highest BCUT2D eigenvalue weighted by Crippen LogP contribution is 2.22. The van der Waals surface area contributed by atoms with Gasteiger partial charge in [-0.3, -0.25) is 4.79 Å². The van der Waals surface area contributed by atoms with Crippen molar-refractivity contribution in [2.45, 2.75) is 13.0 Å². The fraction of sp³-hybridized carbons (Fsp3) is 0.462. The summed E-state index contributed by atoms with van der Waals surface area (Å²) >= 11 is 5.70. The van der Waals surface area contributed by atoms with Crippen LogP contribution in [0.15, 0.2) is 18.2 Å². The van der Waals surface area contributed by atoms with Gasteiger partial charge >= 0.3 is 0 Å². The number of carbonyl (C=O) groups excluding carboxylic acids is 1. The molecule has 0 saturated carbocycles. The molecule has 1 atom stereocenters. The van der Waals surface area contributed by atoms with Crippen molar-refractivity contribution >= 4 is 23.2 Å². The van der Waals surface area contributed by atoms with E-state index in [0.717, 1.165) is 0 Å².